The monoisotopic (exact) mass is 420 g/mol. The van der Waals surface area contributed by atoms with Crippen molar-refractivity contribution in [3.63, 3.8) is 0 Å². The summed E-state index contributed by atoms with van der Waals surface area (Å²) in [6, 6.07) is 6.71. The molecule has 0 bridgehead atoms. The first-order valence-corrected chi connectivity index (χ1v) is 10.1. The van der Waals surface area contributed by atoms with E-state index in [-0.39, 0.29) is 16.5 Å². The highest BCUT2D eigenvalue weighted by atomic mass is 35.5. The Morgan fingerprint density at radius 3 is 2.62 bits per heavy atom. The molecule has 2 aromatic rings. The SMILES string of the molecule is COc1ccc(C(C)NC(=O)CN(C)S(=O)(=O)c2ccc(Cl)s2)cc1F. The average Bonchev–Trinajstić information content (AvgIpc) is 3.01. The van der Waals surface area contributed by atoms with E-state index < -0.39 is 27.8 Å². The highest BCUT2D eigenvalue weighted by molar-refractivity contribution is 7.91. The Labute approximate surface area is 160 Å². The van der Waals surface area contributed by atoms with E-state index in [9.17, 15) is 17.6 Å². The maximum absolute atomic E-state index is 13.8. The lowest BCUT2D eigenvalue weighted by Gasteiger charge is -2.19. The first-order valence-electron chi connectivity index (χ1n) is 7.49. The summed E-state index contributed by atoms with van der Waals surface area (Å²) in [5.41, 5.74) is 0.534. The van der Waals surface area contributed by atoms with Gasteiger partial charge in [-0.3, -0.25) is 4.79 Å². The fraction of sp³-hybridized carbons (Fsp3) is 0.312. The van der Waals surface area contributed by atoms with Crippen molar-refractivity contribution < 1.29 is 22.3 Å². The Balaban J connectivity index is 2.02. The Hall–Kier alpha value is -1.68. The van der Waals surface area contributed by atoms with E-state index >= 15 is 0 Å². The van der Waals surface area contributed by atoms with Gasteiger partial charge >= 0.3 is 0 Å². The van der Waals surface area contributed by atoms with Crippen molar-refractivity contribution >= 4 is 38.9 Å². The van der Waals surface area contributed by atoms with E-state index in [1.807, 2.05) is 0 Å². The summed E-state index contributed by atoms with van der Waals surface area (Å²) < 4.78 is 44.7. The molecule has 1 amide bonds. The van der Waals surface area contributed by atoms with Gasteiger partial charge in [-0.05, 0) is 36.8 Å². The second-order valence-electron chi connectivity index (χ2n) is 5.50. The van der Waals surface area contributed by atoms with Gasteiger partial charge in [0.25, 0.3) is 10.0 Å². The molecule has 2 rings (SSSR count). The fourth-order valence-corrected chi connectivity index (χ4v) is 5.02. The number of hydrogen-bond donors (Lipinski definition) is 1. The Kier molecular flexibility index (Phi) is 6.62. The van der Waals surface area contributed by atoms with Crippen LogP contribution in [0.25, 0.3) is 0 Å². The summed E-state index contributed by atoms with van der Waals surface area (Å²) in [5, 5.41) is 2.65. The Morgan fingerprint density at radius 1 is 1.38 bits per heavy atom. The third-order valence-corrected chi connectivity index (χ3v) is 7.13. The molecule has 1 N–H and O–H groups in total. The lowest BCUT2D eigenvalue weighted by molar-refractivity contribution is -0.121. The minimum absolute atomic E-state index is 0.0584. The van der Waals surface area contributed by atoms with Gasteiger partial charge in [0, 0.05) is 7.05 Å². The minimum atomic E-state index is -3.80. The predicted octanol–water partition coefficient (Wildman–Crippen LogP) is 3.05. The zero-order chi connectivity index (χ0) is 19.5. The van der Waals surface area contributed by atoms with Crippen LogP contribution >= 0.6 is 22.9 Å². The number of carbonyl (C=O) groups is 1. The van der Waals surface area contributed by atoms with Gasteiger partial charge < -0.3 is 10.1 Å². The standard InChI is InChI=1S/C16H18ClFN2O4S2/c1-10(11-4-5-13(24-3)12(18)8-11)19-15(21)9-20(2)26(22,23)16-7-6-14(17)25-16/h4-8,10H,9H2,1-3H3,(H,19,21). The second-order valence-corrected chi connectivity index (χ2v) is 9.49. The number of rotatable bonds is 7. The number of nitrogens with zero attached hydrogens (tertiary/aromatic N) is 1. The lowest BCUT2D eigenvalue weighted by atomic mass is 10.1. The first-order chi connectivity index (χ1) is 12.1. The van der Waals surface area contributed by atoms with Crippen LogP contribution in [0.3, 0.4) is 0 Å². The molecule has 0 aliphatic heterocycles. The zero-order valence-electron chi connectivity index (χ0n) is 14.3. The maximum Gasteiger partial charge on any atom is 0.252 e. The van der Waals surface area contributed by atoms with Gasteiger partial charge in [0.15, 0.2) is 11.6 Å². The summed E-state index contributed by atoms with van der Waals surface area (Å²) >= 11 is 6.68. The Bertz CT molecular complexity index is 901. The van der Waals surface area contributed by atoms with Crippen LogP contribution in [0, 0.1) is 5.82 Å². The molecule has 0 radical (unpaired) electrons. The molecule has 6 nitrogen and oxygen atoms in total. The number of sulfonamides is 1. The van der Waals surface area contributed by atoms with E-state index in [2.05, 4.69) is 5.32 Å². The van der Waals surface area contributed by atoms with Gasteiger partial charge in [0.05, 0.1) is 24.0 Å². The van der Waals surface area contributed by atoms with Crippen LogP contribution < -0.4 is 10.1 Å². The van der Waals surface area contributed by atoms with Crippen molar-refractivity contribution in [1.29, 1.82) is 0 Å². The summed E-state index contributed by atoms with van der Waals surface area (Å²) in [6.07, 6.45) is 0. The van der Waals surface area contributed by atoms with Crippen LogP contribution in [0.15, 0.2) is 34.5 Å². The van der Waals surface area contributed by atoms with Gasteiger partial charge in [-0.15, -0.1) is 11.3 Å². The minimum Gasteiger partial charge on any atom is -0.494 e. The van der Waals surface area contributed by atoms with Gasteiger partial charge in [0.2, 0.25) is 5.91 Å². The topological polar surface area (TPSA) is 75.7 Å². The number of carbonyl (C=O) groups excluding carboxylic acids is 1. The molecule has 10 heteroatoms. The van der Waals surface area contributed by atoms with Crippen LogP contribution in [0.5, 0.6) is 5.75 Å². The molecular weight excluding hydrogens is 403 g/mol. The fourth-order valence-electron chi connectivity index (χ4n) is 2.20. The van der Waals surface area contributed by atoms with Gasteiger partial charge in [-0.25, -0.2) is 12.8 Å². The van der Waals surface area contributed by atoms with E-state index in [4.69, 9.17) is 16.3 Å². The molecule has 0 aliphatic rings. The highest BCUT2D eigenvalue weighted by Gasteiger charge is 2.25. The molecule has 1 unspecified atom stereocenters. The van der Waals surface area contributed by atoms with Crippen molar-refractivity contribution in [3.8, 4) is 5.75 Å². The van der Waals surface area contributed by atoms with Crippen molar-refractivity contribution in [2.24, 2.45) is 0 Å². The number of methoxy groups -OCH3 is 1. The number of halogens is 2. The first kappa shape index (κ1) is 20.6. The van der Waals surface area contributed by atoms with Gasteiger partial charge in [-0.2, -0.15) is 4.31 Å². The maximum atomic E-state index is 13.8. The molecule has 1 aromatic carbocycles. The van der Waals surface area contributed by atoms with Gasteiger partial charge in [0.1, 0.15) is 4.21 Å². The largest absolute Gasteiger partial charge is 0.494 e. The number of hydrogen-bond acceptors (Lipinski definition) is 5. The quantitative estimate of drug-likeness (QED) is 0.747. The molecule has 0 fully saturated rings. The number of likely N-dealkylation sites (N-methyl/N-ethyl adjacent to an activating group) is 1. The third kappa shape index (κ3) is 4.73. The molecule has 1 heterocycles. The van der Waals surface area contributed by atoms with E-state index in [1.54, 1.807) is 13.0 Å². The molecule has 1 atom stereocenters. The molecule has 142 valence electrons. The van der Waals surface area contributed by atoms with Crippen molar-refractivity contribution in [3.05, 3.63) is 46.0 Å². The second kappa shape index (κ2) is 8.34. The normalized spacial score (nSPS) is 12.8. The predicted molar refractivity (Wildman–Crippen MR) is 98.7 cm³/mol. The molecule has 0 aliphatic carbocycles. The van der Waals surface area contributed by atoms with Crippen LogP contribution in [-0.4, -0.2) is 39.3 Å². The summed E-state index contributed by atoms with van der Waals surface area (Å²) in [6.45, 7) is 1.30. The van der Waals surface area contributed by atoms with E-state index in [0.717, 1.165) is 15.6 Å². The molecule has 0 saturated heterocycles. The number of amides is 1. The van der Waals surface area contributed by atoms with Crippen molar-refractivity contribution in [2.45, 2.75) is 17.2 Å². The highest BCUT2D eigenvalue weighted by Crippen LogP contribution is 2.27. The molecule has 0 saturated carbocycles. The third-order valence-electron chi connectivity index (χ3n) is 3.63. The van der Waals surface area contributed by atoms with Crippen LogP contribution in [-0.2, 0) is 14.8 Å². The van der Waals surface area contributed by atoms with Crippen molar-refractivity contribution in [2.75, 3.05) is 20.7 Å². The molecular formula is C16H18ClFN2O4S2. The Morgan fingerprint density at radius 2 is 2.08 bits per heavy atom. The zero-order valence-corrected chi connectivity index (χ0v) is 16.7. The summed E-state index contributed by atoms with van der Waals surface area (Å²) in [7, 11) is -1.13. The summed E-state index contributed by atoms with van der Waals surface area (Å²) in [4.78, 5) is 12.2. The van der Waals surface area contributed by atoms with E-state index in [1.165, 1.54) is 38.4 Å². The van der Waals surface area contributed by atoms with Crippen molar-refractivity contribution in [1.82, 2.24) is 9.62 Å². The number of ether oxygens (including phenoxy) is 1. The number of benzene rings is 1. The van der Waals surface area contributed by atoms with Crippen LogP contribution in [0.2, 0.25) is 4.34 Å². The smallest absolute Gasteiger partial charge is 0.252 e. The average molecular weight is 421 g/mol. The van der Waals surface area contributed by atoms with E-state index in [0.29, 0.717) is 9.90 Å². The van der Waals surface area contributed by atoms with Crippen LogP contribution in [0.4, 0.5) is 4.39 Å². The molecule has 26 heavy (non-hydrogen) atoms. The van der Waals surface area contributed by atoms with Gasteiger partial charge in [-0.1, -0.05) is 17.7 Å². The number of nitrogens with one attached hydrogen (secondary N) is 1. The lowest BCUT2D eigenvalue weighted by Crippen LogP contribution is -2.39. The summed E-state index contributed by atoms with van der Waals surface area (Å²) in [5.74, 6) is -0.949. The number of thiophene rings is 1. The molecule has 1 aromatic heterocycles. The van der Waals surface area contributed by atoms with Crippen LogP contribution in [0.1, 0.15) is 18.5 Å². The molecule has 0 spiro atoms.